The molecule has 0 spiro atoms. The van der Waals surface area contributed by atoms with Crippen LogP contribution in [-0.4, -0.2) is 34.6 Å². The first-order chi connectivity index (χ1) is 8.99. The number of benzene rings is 1. The SMILES string of the molecule is Cc1cc(NC(=O)N2CCCC2C(=O)O)ccc1F. The lowest BCUT2D eigenvalue weighted by molar-refractivity contribution is -0.141. The number of carbonyl (C=O) groups excluding carboxylic acids is 1. The average molecular weight is 266 g/mol. The second kappa shape index (κ2) is 5.26. The molecule has 1 heterocycles. The Balaban J connectivity index is 2.08. The van der Waals surface area contributed by atoms with Crippen molar-refractivity contribution in [1.29, 1.82) is 0 Å². The molecule has 1 atom stereocenters. The van der Waals surface area contributed by atoms with Crippen molar-refractivity contribution in [3.63, 3.8) is 0 Å². The minimum Gasteiger partial charge on any atom is -0.480 e. The minimum atomic E-state index is -0.997. The van der Waals surface area contributed by atoms with Crippen molar-refractivity contribution < 1.29 is 19.1 Å². The van der Waals surface area contributed by atoms with Crippen molar-refractivity contribution in [3.05, 3.63) is 29.6 Å². The van der Waals surface area contributed by atoms with E-state index in [1.54, 1.807) is 6.92 Å². The molecule has 1 aromatic rings. The zero-order valence-electron chi connectivity index (χ0n) is 10.5. The van der Waals surface area contributed by atoms with Crippen LogP contribution in [0, 0.1) is 12.7 Å². The third-order valence-corrected chi connectivity index (χ3v) is 3.21. The number of aliphatic carboxylic acids is 1. The summed E-state index contributed by atoms with van der Waals surface area (Å²) in [6, 6.07) is 2.99. The number of carbonyl (C=O) groups is 2. The number of anilines is 1. The topological polar surface area (TPSA) is 69.6 Å². The van der Waals surface area contributed by atoms with Crippen molar-refractivity contribution in [2.45, 2.75) is 25.8 Å². The minimum absolute atomic E-state index is 0.345. The van der Waals surface area contributed by atoms with Crippen LogP contribution in [0.4, 0.5) is 14.9 Å². The number of aryl methyl sites for hydroxylation is 1. The van der Waals surface area contributed by atoms with Crippen molar-refractivity contribution in [3.8, 4) is 0 Å². The van der Waals surface area contributed by atoms with E-state index in [1.807, 2.05) is 0 Å². The van der Waals surface area contributed by atoms with Crippen LogP contribution in [-0.2, 0) is 4.79 Å². The summed E-state index contributed by atoms with van der Waals surface area (Å²) in [5.74, 6) is -1.34. The maximum Gasteiger partial charge on any atom is 0.326 e. The number of urea groups is 1. The van der Waals surface area contributed by atoms with E-state index in [1.165, 1.54) is 23.1 Å². The van der Waals surface area contributed by atoms with E-state index in [9.17, 15) is 14.0 Å². The van der Waals surface area contributed by atoms with E-state index in [2.05, 4.69) is 5.32 Å². The highest BCUT2D eigenvalue weighted by Gasteiger charge is 2.33. The molecule has 1 aliphatic rings. The predicted octanol–water partition coefficient (Wildman–Crippen LogP) is 2.22. The number of halogens is 1. The van der Waals surface area contributed by atoms with Gasteiger partial charge in [0.05, 0.1) is 0 Å². The highest BCUT2D eigenvalue weighted by Crippen LogP contribution is 2.20. The third kappa shape index (κ3) is 2.83. The summed E-state index contributed by atoms with van der Waals surface area (Å²) in [7, 11) is 0. The van der Waals surface area contributed by atoms with E-state index in [0.29, 0.717) is 30.6 Å². The van der Waals surface area contributed by atoms with E-state index in [-0.39, 0.29) is 5.82 Å². The summed E-state index contributed by atoms with van der Waals surface area (Å²) >= 11 is 0. The van der Waals surface area contributed by atoms with Gasteiger partial charge in [-0.15, -0.1) is 0 Å². The number of nitrogens with zero attached hydrogens (tertiary/aromatic N) is 1. The van der Waals surface area contributed by atoms with Gasteiger partial charge in [0.15, 0.2) is 0 Å². The molecular formula is C13H15FN2O3. The molecule has 2 rings (SSSR count). The number of carboxylic acid groups (broad SMARTS) is 1. The Morgan fingerprint density at radius 1 is 1.47 bits per heavy atom. The molecule has 0 saturated carbocycles. The predicted molar refractivity (Wildman–Crippen MR) is 67.5 cm³/mol. The molecule has 2 N–H and O–H groups in total. The van der Waals surface area contributed by atoms with Gasteiger partial charge in [0.1, 0.15) is 11.9 Å². The van der Waals surface area contributed by atoms with E-state index in [0.717, 1.165) is 0 Å². The molecule has 0 radical (unpaired) electrons. The van der Waals surface area contributed by atoms with Crippen LogP contribution >= 0.6 is 0 Å². The molecule has 1 fully saturated rings. The highest BCUT2D eigenvalue weighted by atomic mass is 19.1. The van der Waals surface area contributed by atoms with Crippen LogP contribution in [0.25, 0.3) is 0 Å². The monoisotopic (exact) mass is 266 g/mol. The van der Waals surface area contributed by atoms with Crippen LogP contribution < -0.4 is 5.32 Å². The summed E-state index contributed by atoms with van der Waals surface area (Å²) in [5, 5.41) is 11.6. The smallest absolute Gasteiger partial charge is 0.326 e. The standard InChI is InChI=1S/C13H15FN2O3/c1-8-7-9(4-5-10(8)14)15-13(19)16-6-2-3-11(16)12(17)18/h4-5,7,11H,2-3,6H2,1H3,(H,15,19)(H,17,18). The van der Waals surface area contributed by atoms with Crippen LogP contribution in [0.5, 0.6) is 0 Å². The second-order valence-electron chi connectivity index (χ2n) is 4.58. The van der Waals surface area contributed by atoms with Crippen molar-refractivity contribution in [2.75, 3.05) is 11.9 Å². The summed E-state index contributed by atoms with van der Waals surface area (Å²) in [4.78, 5) is 24.3. The highest BCUT2D eigenvalue weighted by molar-refractivity contribution is 5.92. The molecule has 19 heavy (non-hydrogen) atoms. The maximum atomic E-state index is 13.1. The molecule has 1 unspecified atom stereocenters. The quantitative estimate of drug-likeness (QED) is 0.862. The number of carboxylic acids is 1. The summed E-state index contributed by atoms with van der Waals surface area (Å²) in [5.41, 5.74) is 0.883. The fourth-order valence-corrected chi connectivity index (χ4v) is 2.18. The van der Waals surface area contributed by atoms with Gasteiger partial charge in [0.2, 0.25) is 0 Å². The molecule has 0 bridgehead atoms. The van der Waals surface area contributed by atoms with Crippen LogP contribution in [0.1, 0.15) is 18.4 Å². The molecule has 1 aromatic carbocycles. The number of rotatable bonds is 2. The first kappa shape index (κ1) is 13.3. The van der Waals surface area contributed by atoms with E-state index < -0.39 is 18.0 Å². The zero-order valence-corrected chi connectivity index (χ0v) is 10.5. The zero-order chi connectivity index (χ0) is 14.0. The molecule has 0 aromatic heterocycles. The summed E-state index contributed by atoms with van der Waals surface area (Å²) in [6.45, 7) is 2.02. The molecule has 1 aliphatic heterocycles. The normalized spacial score (nSPS) is 18.4. The molecule has 6 heteroatoms. The molecular weight excluding hydrogens is 251 g/mol. The largest absolute Gasteiger partial charge is 0.480 e. The number of amides is 2. The van der Waals surface area contributed by atoms with Gasteiger partial charge >= 0.3 is 12.0 Å². The first-order valence-corrected chi connectivity index (χ1v) is 6.05. The lowest BCUT2D eigenvalue weighted by Crippen LogP contribution is -2.42. The molecule has 0 aliphatic carbocycles. The first-order valence-electron chi connectivity index (χ1n) is 6.05. The number of nitrogens with one attached hydrogen (secondary N) is 1. The maximum absolute atomic E-state index is 13.1. The number of likely N-dealkylation sites (tertiary alicyclic amines) is 1. The molecule has 1 saturated heterocycles. The Morgan fingerprint density at radius 3 is 2.84 bits per heavy atom. The Morgan fingerprint density at radius 2 is 2.21 bits per heavy atom. The van der Waals surface area contributed by atoms with Gasteiger partial charge in [0.25, 0.3) is 0 Å². The van der Waals surface area contributed by atoms with Crippen molar-refractivity contribution in [2.24, 2.45) is 0 Å². The van der Waals surface area contributed by atoms with Crippen LogP contribution in [0.3, 0.4) is 0 Å². The van der Waals surface area contributed by atoms with Gasteiger partial charge in [-0.1, -0.05) is 0 Å². The lowest BCUT2D eigenvalue weighted by atomic mass is 10.2. The second-order valence-corrected chi connectivity index (χ2v) is 4.58. The summed E-state index contributed by atoms with van der Waals surface area (Å²) < 4.78 is 13.1. The van der Waals surface area contributed by atoms with Crippen LogP contribution in [0.2, 0.25) is 0 Å². The fraction of sp³-hybridized carbons (Fsp3) is 0.385. The number of hydrogen-bond donors (Lipinski definition) is 2. The van der Waals surface area contributed by atoms with Crippen LogP contribution in [0.15, 0.2) is 18.2 Å². The Labute approximate surface area is 110 Å². The molecule has 2 amide bonds. The lowest BCUT2D eigenvalue weighted by Gasteiger charge is -2.21. The van der Waals surface area contributed by atoms with Gasteiger partial charge in [-0.25, -0.2) is 14.0 Å². The van der Waals surface area contributed by atoms with Crippen molar-refractivity contribution in [1.82, 2.24) is 4.90 Å². The van der Waals surface area contributed by atoms with E-state index >= 15 is 0 Å². The number of hydrogen-bond acceptors (Lipinski definition) is 2. The summed E-state index contributed by atoms with van der Waals surface area (Å²) in [6.07, 6.45) is 1.14. The van der Waals surface area contributed by atoms with E-state index in [4.69, 9.17) is 5.11 Å². The van der Waals surface area contributed by atoms with Gasteiger partial charge < -0.3 is 15.3 Å². The van der Waals surface area contributed by atoms with Gasteiger partial charge in [-0.05, 0) is 43.5 Å². The van der Waals surface area contributed by atoms with Gasteiger partial charge in [0, 0.05) is 12.2 Å². The van der Waals surface area contributed by atoms with Crippen molar-refractivity contribution >= 4 is 17.7 Å². The molecule has 5 nitrogen and oxygen atoms in total. The Kier molecular flexibility index (Phi) is 3.69. The average Bonchev–Trinajstić information content (AvgIpc) is 2.83. The Hall–Kier alpha value is -2.11. The van der Waals surface area contributed by atoms with Gasteiger partial charge in [-0.3, -0.25) is 0 Å². The fourth-order valence-electron chi connectivity index (χ4n) is 2.18. The van der Waals surface area contributed by atoms with Gasteiger partial charge in [-0.2, -0.15) is 0 Å². The molecule has 102 valence electrons. The Bertz CT molecular complexity index is 519. The third-order valence-electron chi connectivity index (χ3n) is 3.21.